The van der Waals surface area contributed by atoms with Gasteiger partial charge in [-0.3, -0.25) is 0 Å². The maximum atomic E-state index is 7.04. The van der Waals surface area contributed by atoms with Gasteiger partial charge < -0.3 is 8.85 Å². The van der Waals surface area contributed by atoms with Crippen molar-refractivity contribution in [3.05, 3.63) is 0 Å². The largest absolute Gasteiger partial charge is 0.398 e. The highest BCUT2D eigenvalue weighted by molar-refractivity contribution is 6.74. The van der Waals surface area contributed by atoms with Gasteiger partial charge in [-0.15, -0.1) is 11.8 Å². The smallest absolute Gasteiger partial charge is 0.194 e. The third-order valence-corrected chi connectivity index (χ3v) is 16.3. The second kappa shape index (κ2) is 8.92. The Hall–Kier alpha value is -0.526. The molecule has 0 amide bonds. The summed E-state index contributed by atoms with van der Waals surface area (Å²) in [7, 11) is -4.18. The van der Waals surface area contributed by atoms with Crippen LogP contribution in [0.25, 0.3) is 0 Å². The van der Waals surface area contributed by atoms with E-state index in [1.165, 1.54) is 6.42 Å². The molecule has 1 aliphatic carbocycles. The zero-order valence-corrected chi connectivity index (χ0v) is 23.4. The molecular formula is C25H46O2Si2. The van der Waals surface area contributed by atoms with Gasteiger partial charge in [0, 0.05) is 12.8 Å². The van der Waals surface area contributed by atoms with Crippen LogP contribution >= 0.6 is 0 Å². The molecule has 0 spiro atoms. The van der Waals surface area contributed by atoms with Gasteiger partial charge in [-0.25, -0.2) is 0 Å². The van der Waals surface area contributed by atoms with Gasteiger partial charge in [0.2, 0.25) is 0 Å². The van der Waals surface area contributed by atoms with Crippen LogP contribution in [0, 0.1) is 23.7 Å². The Morgan fingerprint density at radius 3 is 1.21 bits per heavy atom. The van der Waals surface area contributed by atoms with Crippen molar-refractivity contribution in [2.24, 2.45) is 0 Å². The van der Waals surface area contributed by atoms with Crippen molar-refractivity contribution in [1.29, 1.82) is 0 Å². The Morgan fingerprint density at radius 2 is 0.931 bits per heavy atom. The van der Waals surface area contributed by atoms with Gasteiger partial charge in [-0.2, -0.15) is 0 Å². The molecule has 166 valence electrons. The second-order valence-electron chi connectivity index (χ2n) is 12.0. The normalized spacial score (nSPS) is 27.2. The molecule has 0 saturated carbocycles. The molecule has 0 saturated heterocycles. The van der Waals surface area contributed by atoms with E-state index in [4.69, 9.17) is 8.85 Å². The molecule has 4 heteroatoms. The fourth-order valence-electron chi connectivity index (χ4n) is 2.88. The van der Waals surface area contributed by atoms with Crippen LogP contribution in [0.4, 0.5) is 0 Å². The monoisotopic (exact) mass is 434 g/mol. The van der Waals surface area contributed by atoms with E-state index in [9.17, 15) is 0 Å². The van der Waals surface area contributed by atoms with Gasteiger partial charge >= 0.3 is 0 Å². The van der Waals surface area contributed by atoms with Crippen molar-refractivity contribution in [3.63, 3.8) is 0 Å². The van der Waals surface area contributed by atoms with Crippen molar-refractivity contribution in [1.82, 2.24) is 0 Å². The molecule has 0 aromatic heterocycles. The lowest BCUT2D eigenvalue weighted by molar-refractivity contribution is -0.0374. The summed E-state index contributed by atoms with van der Waals surface area (Å²) in [4.78, 5) is 0. The summed E-state index contributed by atoms with van der Waals surface area (Å²) in [6.07, 6.45) is 5.26. The maximum absolute atomic E-state index is 7.04. The fourth-order valence-corrected chi connectivity index (χ4v) is 6.02. The van der Waals surface area contributed by atoms with Crippen LogP contribution < -0.4 is 0 Å². The fraction of sp³-hybridized carbons (Fsp3) is 0.840. The third kappa shape index (κ3) is 6.47. The first-order chi connectivity index (χ1) is 12.9. The Bertz CT molecular complexity index is 629. The van der Waals surface area contributed by atoms with Gasteiger partial charge in [0.25, 0.3) is 0 Å². The minimum atomic E-state index is -2.09. The van der Waals surface area contributed by atoms with Crippen molar-refractivity contribution < 1.29 is 8.85 Å². The summed E-state index contributed by atoms with van der Waals surface area (Å²) in [6, 6.07) is 0. The molecule has 0 bridgehead atoms. The lowest BCUT2D eigenvalue weighted by atomic mass is 9.86. The van der Waals surface area contributed by atoms with Crippen molar-refractivity contribution in [3.8, 4) is 23.7 Å². The predicted molar refractivity (Wildman–Crippen MR) is 132 cm³/mol. The highest BCUT2D eigenvalue weighted by atomic mass is 28.4. The molecule has 0 heterocycles. The molecule has 0 fully saturated rings. The van der Waals surface area contributed by atoms with Crippen LogP contribution in [-0.2, 0) is 8.85 Å². The molecular weight excluding hydrogens is 388 g/mol. The Balaban J connectivity index is 3.60. The summed E-state index contributed by atoms with van der Waals surface area (Å²) in [5.41, 5.74) is -1.52. The Kier molecular flexibility index (Phi) is 8.15. The minimum Gasteiger partial charge on any atom is -0.398 e. The molecule has 2 atom stereocenters. The van der Waals surface area contributed by atoms with E-state index in [2.05, 4.69) is 105 Å². The van der Waals surface area contributed by atoms with E-state index < -0.39 is 27.8 Å². The number of rotatable bonds is 4. The SMILES string of the molecule is CC1(O[Si](C)(C)C(C)(C)C)C#CCCCCCC#CC1(C)O[Si](C)(C)C(C)(C)C. The van der Waals surface area contributed by atoms with E-state index in [-0.39, 0.29) is 10.1 Å². The third-order valence-electron chi connectivity index (χ3n) is 7.20. The van der Waals surface area contributed by atoms with Gasteiger partial charge in [-0.1, -0.05) is 59.8 Å². The first-order valence-corrected chi connectivity index (χ1v) is 17.1. The van der Waals surface area contributed by atoms with Gasteiger partial charge in [0.1, 0.15) is 0 Å². The molecule has 0 aromatic rings. The molecule has 0 N–H and O–H groups in total. The minimum absolute atomic E-state index is 0.0925. The Labute approximate surface area is 184 Å². The topological polar surface area (TPSA) is 18.5 Å². The molecule has 29 heavy (non-hydrogen) atoms. The van der Waals surface area contributed by atoms with E-state index in [1.54, 1.807) is 0 Å². The van der Waals surface area contributed by atoms with Crippen LogP contribution in [0.3, 0.4) is 0 Å². The highest BCUT2D eigenvalue weighted by Crippen LogP contribution is 2.46. The number of hydrogen-bond donors (Lipinski definition) is 0. The van der Waals surface area contributed by atoms with Crippen molar-refractivity contribution >= 4 is 16.6 Å². The molecule has 1 rings (SSSR count). The highest BCUT2D eigenvalue weighted by Gasteiger charge is 2.55. The van der Waals surface area contributed by atoms with E-state index in [0.717, 1.165) is 25.7 Å². The quantitative estimate of drug-likeness (QED) is 0.336. The molecule has 2 unspecified atom stereocenters. The summed E-state index contributed by atoms with van der Waals surface area (Å²) in [5, 5.41) is 0.185. The average Bonchev–Trinajstić information content (AvgIpc) is 2.51. The van der Waals surface area contributed by atoms with Crippen molar-refractivity contribution in [2.75, 3.05) is 0 Å². The molecule has 0 radical (unpaired) electrons. The first-order valence-electron chi connectivity index (χ1n) is 11.3. The molecule has 2 nitrogen and oxygen atoms in total. The number of hydrogen-bond acceptors (Lipinski definition) is 2. The second-order valence-corrected chi connectivity index (χ2v) is 21.4. The van der Waals surface area contributed by atoms with Gasteiger partial charge in [0.05, 0.1) is 0 Å². The predicted octanol–water partition coefficient (Wildman–Crippen LogP) is 7.52. The van der Waals surface area contributed by atoms with Gasteiger partial charge in [-0.05, 0) is 63.0 Å². The zero-order chi connectivity index (χ0) is 22.8. The summed E-state index contributed by atoms with van der Waals surface area (Å²) in [5.74, 6) is 14.0. The summed E-state index contributed by atoms with van der Waals surface area (Å²) < 4.78 is 14.1. The Morgan fingerprint density at radius 1 is 0.621 bits per heavy atom. The maximum Gasteiger partial charge on any atom is 0.194 e. The van der Waals surface area contributed by atoms with E-state index in [1.807, 2.05) is 0 Å². The summed E-state index contributed by atoms with van der Waals surface area (Å²) in [6.45, 7) is 27.1. The van der Waals surface area contributed by atoms with Crippen LogP contribution in [0.1, 0.15) is 87.5 Å². The van der Waals surface area contributed by atoms with E-state index in [0.29, 0.717) is 0 Å². The van der Waals surface area contributed by atoms with Crippen molar-refractivity contribution in [2.45, 2.75) is 135 Å². The van der Waals surface area contributed by atoms with Crippen LogP contribution in [0.5, 0.6) is 0 Å². The summed E-state index contributed by atoms with van der Waals surface area (Å²) >= 11 is 0. The molecule has 1 aliphatic rings. The molecule has 0 aliphatic heterocycles. The standard InChI is InChI=1S/C25H46O2Si2/c1-22(2,3)28(9,10)26-24(7)20-18-16-14-13-15-17-19-21-25(24,8)27-29(11,12)23(4,5)6/h13-17H2,1-12H3. The van der Waals surface area contributed by atoms with Crippen LogP contribution in [-0.4, -0.2) is 27.8 Å². The van der Waals surface area contributed by atoms with E-state index >= 15 is 0 Å². The van der Waals surface area contributed by atoms with Crippen LogP contribution in [0.2, 0.25) is 36.3 Å². The average molecular weight is 435 g/mol. The lowest BCUT2D eigenvalue weighted by Gasteiger charge is -2.51. The lowest BCUT2D eigenvalue weighted by Crippen LogP contribution is -2.62. The molecule has 0 aromatic carbocycles. The van der Waals surface area contributed by atoms with Crippen LogP contribution in [0.15, 0.2) is 0 Å². The van der Waals surface area contributed by atoms with Gasteiger partial charge in [0.15, 0.2) is 27.8 Å². The first kappa shape index (κ1) is 26.5. The zero-order valence-electron chi connectivity index (χ0n) is 21.4.